The van der Waals surface area contributed by atoms with Crippen molar-refractivity contribution in [1.29, 1.82) is 0 Å². The first-order chi connectivity index (χ1) is 21.9. The van der Waals surface area contributed by atoms with Gasteiger partial charge >= 0.3 is 17.9 Å². The molecule has 1 unspecified atom stereocenters. The molecule has 47 heavy (non-hydrogen) atoms. The third-order valence-electron chi connectivity index (χ3n) is 14.5. The fraction of sp³-hybridized carbons (Fsp3) is 0.865. The Bertz CT molecular complexity index is 1270. The van der Waals surface area contributed by atoms with Crippen LogP contribution in [0.5, 0.6) is 0 Å². The average molecular weight is 661 g/mol. The minimum absolute atomic E-state index is 0.0141. The van der Waals surface area contributed by atoms with E-state index in [2.05, 4.69) is 54.5 Å². The summed E-state index contributed by atoms with van der Waals surface area (Å²) in [5, 5.41) is 10.9. The van der Waals surface area contributed by atoms with Crippen molar-refractivity contribution >= 4 is 17.9 Å². The van der Waals surface area contributed by atoms with Crippen molar-refractivity contribution in [3.63, 3.8) is 0 Å². The molecule has 4 fully saturated rings. The van der Waals surface area contributed by atoms with Crippen LogP contribution in [-0.4, -0.2) is 74.2 Å². The summed E-state index contributed by atoms with van der Waals surface area (Å²) in [6, 6.07) is -0.994. The van der Waals surface area contributed by atoms with Crippen LogP contribution in [0.2, 0.25) is 0 Å². The van der Waals surface area contributed by atoms with E-state index >= 15 is 0 Å². The van der Waals surface area contributed by atoms with Crippen molar-refractivity contribution in [3.8, 4) is 0 Å². The maximum Gasteiger partial charge on any atom is 0.325 e. The molecule has 5 rings (SSSR count). The molecular weight excluding hydrogens is 600 g/mol. The van der Waals surface area contributed by atoms with E-state index in [1.54, 1.807) is 0 Å². The molecule has 0 radical (unpaired) electrons. The number of rotatable bonds is 10. The summed E-state index contributed by atoms with van der Waals surface area (Å²) in [5.74, 6) is -1.25. The van der Waals surface area contributed by atoms with Gasteiger partial charge < -0.3 is 35.5 Å². The number of ether oxygens (including phenoxy) is 4. The molecule has 266 valence electrons. The molecule has 3 saturated carbocycles. The van der Waals surface area contributed by atoms with Crippen LogP contribution >= 0.6 is 0 Å². The number of esters is 2. The van der Waals surface area contributed by atoms with Crippen molar-refractivity contribution in [2.75, 3.05) is 33.0 Å². The van der Waals surface area contributed by atoms with Gasteiger partial charge in [-0.15, -0.1) is 0 Å². The first-order valence-corrected chi connectivity index (χ1v) is 17.8. The molecule has 0 aromatic rings. The molecule has 2 bridgehead atoms. The van der Waals surface area contributed by atoms with Crippen LogP contribution in [0.1, 0.15) is 93.9 Å². The molecule has 0 spiro atoms. The minimum Gasteiger partial charge on any atom is -0.481 e. The Labute approximate surface area is 281 Å². The topological polar surface area (TPSA) is 160 Å². The molecule has 4 aliphatic carbocycles. The maximum absolute atomic E-state index is 13.3. The lowest BCUT2D eigenvalue weighted by atomic mass is 9.34. The molecule has 1 heterocycles. The normalized spacial score (nSPS) is 43.8. The van der Waals surface area contributed by atoms with Gasteiger partial charge in [0.1, 0.15) is 18.2 Å². The van der Waals surface area contributed by atoms with Crippen molar-refractivity contribution in [2.45, 2.75) is 112 Å². The zero-order valence-corrected chi connectivity index (χ0v) is 29.9. The fourth-order valence-electron chi connectivity index (χ4n) is 11.7. The molecule has 10 nitrogen and oxygen atoms in total. The molecule has 0 amide bonds. The second-order valence-corrected chi connectivity index (χ2v) is 17.0. The summed E-state index contributed by atoms with van der Waals surface area (Å²) in [4.78, 5) is 39.2. The first-order valence-electron chi connectivity index (χ1n) is 17.8. The van der Waals surface area contributed by atoms with E-state index in [1.165, 1.54) is 12.5 Å². The van der Waals surface area contributed by atoms with E-state index in [0.717, 1.165) is 25.7 Å². The molecule has 5 N–H and O–H groups in total. The highest BCUT2D eigenvalue weighted by atomic mass is 16.6. The molecule has 12 atom stereocenters. The molecule has 10 heteroatoms. The standard InChI is InChI=1S/C37H60N2O8/c1-21(2)22(3)33(5)13-14-35(7)24-9-10-28-34(6)19-45-20-37(28,25(24)11-12-36(35,8)29(33)31(41)42)17-27(46-23(4)40)30(34)47-32(43)26(39)18-44-16-15-38/h11,21-22,24,26-30H,9-10,12-20,38-39H2,1-8H3,(H,41,42)/t22-,24+,26?,27-,28+,29-,30+,33-,34+,35-,36+,37+/m1/s1. The highest BCUT2D eigenvalue weighted by Gasteiger charge is 2.72. The lowest BCUT2D eigenvalue weighted by Gasteiger charge is -2.71. The third-order valence-corrected chi connectivity index (χ3v) is 14.5. The third kappa shape index (κ3) is 5.48. The number of carbonyl (C=O) groups is 3. The second-order valence-electron chi connectivity index (χ2n) is 17.0. The zero-order chi connectivity index (χ0) is 34.7. The summed E-state index contributed by atoms with van der Waals surface area (Å²) in [5.41, 5.74) is 11.0. The van der Waals surface area contributed by atoms with Gasteiger partial charge in [-0.2, -0.15) is 0 Å². The summed E-state index contributed by atoms with van der Waals surface area (Å²) in [6.45, 7) is 18.4. The van der Waals surface area contributed by atoms with Gasteiger partial charge in [0, 0.05) is 24.3 Å². The summed E-state index contributed by atoms with van der Waals surface area (Å²) >= 11 is 0. The summed E-state index contributed by atoms with van der Waals surface area (Å²) in [6.07, 6.45) is 5.74. The van der Waals surface area contributed by atoms with Gasteiger partial charge in [-0.3, -0.25) is 14.4 Å². The Morgan fingerprint density at radius 1 is 1.04 bits per heavy atom. The Hall–Kier alpha value is -2.01. The van der Waals surface area contributed by atoms with Gasteiger partial charge in [-0.25, -0.2) is 0 Å². The molecule has 1 aliphatic heterocycles. The van der Waals surface area contributed by atoms with Gasteiger partial charge in [0.05, 0.1) is 32.3 Å². The quantitative estimate of drug-likeness (QED) is 0.170. The Morgan fingerprint density at radius 2 is 1.74 bits per heavy atom. The number of fused-ring (bicyclic) bond motifs is 3. The average Bonchev–Trinajstić information content (AvgIpc) is 2.98. The smallest absolute Gasteiger partial charge is 0.325 e. The van der Waals surface area contributed by atoms with Gasteiger partial charge in [-0.1, -0.05) is 60.1 Å². The monoisotopic (exact) mass is 660 g/mol. The largest absolute Gasteiger partial charge is 0.481 e. The van der Waals surface area contributed by atoms with E-state index in [-0.39, 0.29) is 41.8 Å². The van der Waals surface area contributed by atoms with E-state index in [1.807, 2.05) is 0 Å². The lowest BCUT2D eigenvalue weighted by molar-refractivity contribution is -0.263. The Morgan fingerprint density at radius 3 is 2.36 bits per heavy atom. The minimum atomic E-state index is -0.994. The first kappa shape index (κ1) is 36.3. The number of carboxylic acids is 1. The van der Waals surface area contributed by atoms with E-state index in [9.17, 15) is 19.5 Å². The number of hydrogen-bond donors (Lipinski definition) is 3. The zero-order valence-electron chi connectivity index (χ0n) is 29.9. The van der Waals surface area contributed by atoms with E-state index in [4.69, 9.17) is 30.4 Å². The number of hydrogen-bond acceptors (Lipinski definition) is 9. The SMILES string of the molecule is CC(=O)O[C@@H]1C[C@@]23COC[C@@](C)([C@@H]2CC[C@H]2C3=CC[C@@]3(C)[C@H](C(=O)O)[C@@](C)([C@H](C)C(C)C)CC[C@]23C)[C@H]1OC(=O)C(N)COCCN. The fourth-order valence-corrected chi connectivity index (χ4v) is 11.7. The molecule has 0 aromatic heterocycles. The molecular formula is C37H60N2O8. The van der Waals surface area contributed by atoms with E-state index in [0.29, 0.717) is 38.5 Å². The number of nitrogens with two attached hydrogens (primary N) is 2. The van der Waals surface area contributed by atoms with Gasteiger partial charge in [0.15, 0.2) is 0 Å². The van der Waals surface area contributed by atoms with Crippen LogP contribution in [-0.2, 0) is 33.3 Å². The summed E-state index contributed by atoms with van der Waals surface area (Å²) < 4.78 is 24.1. The lowest BCUT2D eigenvalue weighted by Crippen LogP contribution is -2.70. The Balaban J connectivity index is 1.54. The van der Waals surface area contributed by atoms with Crippen molar-refractivity contribution in [1.82, 2.24) is 0 Å². The van der Waals surface area contributed by atoms with Crippen LogP contribution < -0.4 is 11.5 Å². The number of carbonyl (C=O) groups excluding carboxylic acids is 2. The maximum atomic E-state index is 13.3. The Kier molecular flexibility index (Phi) is 9.81. The van der Waals surface area contributed by atoms with Crippen LogP contribution in [0.15, 0.2) is 11.6 Å². The highest BCUT2D eigenvalue weighted by molar-refractivity contribution is 5.76. The predicted octanol–water partition coefficient (Wildman–Crippen LogP) is 4.72. The number of allylic oxidation sites excluding steroid dienone is 1. The van der Waals surface area contributed by atoms with Crippen LogP contribution in [0.25, 0.3) is 0 Å². The highest BCUT2D eigenvalue weighted by Crippen LogP contribution is 2.75. The number of carboxylic acid groups (broad SMARTS) is 1. The van der Waals surface area contributed by atoms with E-state index < -0.39 is 58.3 Å². The van der Waals surface area contributed by atoms with Gasteiger partial charge in [0.2, 0.25) is 0 Å². The predicted molar refractivity (Wildman–Crippen MR) is 177 cm³/mol. The van der Waals surface area contributed by atoms with Crippen LogP contribution in [0, 0.1) is 56.7 Å². The second kappa shape index (κ2) is 12.7. The van der Waals surface area contributed by atoms with Gasteiger partial charge in [-0.05, 0) is 78.4 Å². The van der Waals surface area contributed by atoms with Crippen molar-refractivity contribution in [2.24, 2.45) is 68.1 Å². The molecule has 1 saturated heterocycles. The molecule has 0 aromatic carbocycles. The van der Waals surface area contributed by atoms with Gasteiger partial charge in [0.25, 0.3) is 0 Å². The van der Waals surface area contributed by atoms with Crippen LogP contribution in [0.3, 0.4) is 0 Å². The molecule has 5 aliphatic rings. The summed E-state index contributed by atoms with van der Waals surface area (Å²) in [7, 11) is 0. The van der Waals surface area contributed by atoms with Crippen molar-refractivity contribution < 1.29 is 38.4 Å². The van der Waals surface area contributed by atoms with Crippen molar-refractivity contribution in [3.05, 3.63) is 11.6 Å². The number of aliphatic carboxylic acids is 1. The van der Waals surface area contributed by atoms with Crippen LogP contribution in [0.4, 0.5) is 0 Å².